The summed E-state index contributed by atoms with van der Waals surface area (Å²) in [6, 6.07) is 8.30. The molecule has 0 bridgehead atoms. The number of thiophene rings is 1. The number of carbonyl (C=O) groups excluding carboxylic acids is 1. The van der Waals surface area contributed by atoms with Gasteiger partial charge in [-0.1, -0.05) is 32.0 Å². The second-order valence-corrected chi connectivity index (χ2v) is 5.82. The zero-order valence-electron chi connectivity index (χ0n) is 10.4. The molecule has 0 N–H and O–H groups in total. The maximum Gasteiger partial charge on any atom is 0.137 e. The second-order valence-electron chi connectivity index (χ2n) is 4.91. The van der Waals surface area contributed by atoms with Gasteiger partial charge < -0.3 is 0 Å². The van der Waals surface area contributed by atoms with Crippen LogP contribution in [0.1, 0.15) is 32.3 Å². The molecule has 1 aromatic carbocycles. The fourth-order valence-electron chi connectivity index (χ4n) is 1.92. The van der Waals surface area contributed by atoms with E-state index >= 15 is 0 Å². The smallest absolute Gasteiger partial charge is 0.137 e. The summed E-state index contributed by atoms with van der Waals surface area (Å²) in [7, 11) is 0. The van der Waals surface area contributed by atoms with Crippen LogP contribution in [0.5, 0.6) is 0 Å². The molecule has 0 atom stereocenters. The lowest BCUT2D eigenvalue weighted by Crippen LogP contribution is -2.03. The summed E-state index contributed by atoms with van der Waals surface area (Å²) in [5, 5.41) is 3.37. The number of carbonyl (C=O) groups is 1. The van der Waals surface area contributed by atoms with Gasteiger partial charge in [0.1, 0.15) is 5.78 Å². The number of hydrogen-bond donors (Lipinski definition) is 0. The predicted octanol–water partition coefficient (Wildman–Crippen LogP) is 4.45. The van der Waals surface area contributed by atoms with Gasteiger partial charge in [0.15, 0.2) is 0 Å². The molecule has 0 aliphatic rings. The van der Waals surface area contributed by atoms with Crippen molar-refractivity contribution in [2.24, 2.45) is 5.92 Å². The summed E-state index contributed by atoms with van der Waals surface area (Å²) in [4.78, 5) is 11.9. The standard InChI is InChI=1S/C15H18OS/c1-11(2)7-8-13(16)9-12-10-17-15-6-4-3-5-14(12)15/h3-6,10-11H,7-9H2,1-2H3. The van der Waals surface area contributed by atoms with Gasteiger partial charge in [0.25, 0.3) is 0 Å². The fraction of sp³-hybridized carbons (Fsp3) is 0.400. The van der Waals surface area contributed by atoms with Gasteiger partial charge in [0, 0.05) is 17.5 Å². The van der Waals surface area contributed by atoms with Crippen molar-refractivity contribution in [2.75, 3.05) is 0 Å². The van der Waals surface area contributed by atoms with Gasteiger partial charge in [0.2, 0.25) is 0 Å². The van der Waals surface area contributed by atoms with Gasteiger partial charge in [-0.05, 0) is 34.7 Å². The summed E-state index contributed by atoms with van der Waals surface area (Å²) in [5.41, 5.74) is 1.19. The van der Waals surface area contributed by atoms with E-state index in [1.807, 2.05) is 12.1 Å². The molecule has 17 heavy (non-hydrogen) atoms. The molecule has 0 amide bonds. The van der Waals surface area contributed by atoms with Gasteiger partial charge >= 0.3 is 0 Å². The number of Topliss-reactive ketones (excluding diaryl/α,β-unsaturated/α-hetero) is 1. The Morgan fingerprint density at radius 3 is 2.82 bits per heavy atom. The molecule has 1 heterocycles. The first-order valence-electron chi connectivity index (χ1n) is 6.13. The average Bonchev–Trinajstić information content (AvgIpc) is 2.70. The maximum absolute atomic E-state index is 11.9. The van der Waals surface area contributed by atoms with Crippen LogP contribution >= 0.6 is 11.3 Å². The number of benzene rings is 1. The van der Waals surface area contributed by atoms with Crippen LogP contribution in [0.25, 0.3) is 10.1 Å². The molecule has 0 saturated heterocycles. The van der Waals surface area contributed by atoms with Gasteiger partial charge in [-0.3, -0.25) is 4.79 Å². The lowest BCUT2D eigenvalue weighted by molar-refractivity contribution is -0.118. The van der Waals surface area contributed by atoms with E-state index in [0.29, 0.717) is 24.5 Å². The van der Waals surface area contributed by atoms with Crippen molar-refractivity contribution in [1.29, 1.82) is 0 Å². The summed E-state index contributed by atoms with van der Waals surface area (Å²) in [6.07, 6.45) is 2.31. The molecule has 1 nitrogen and oxygen atoms in total. The molecule has 0 spiro atoms. The molecule has 2 aromatic rings. The molecular formula is C15H18OS. The Balaban J connectivity index is 2.06. The number of fused-ring (bicyclic) bond motifs is 1. The molecule has 0 radical (unpaired) electrons. The maximum atomic E-state index is 11.9. The van der Waals surface area contributed by atoms with Gasteiger partial charge in [-0.15, -0.1) is 11.3 Å². The van der Waals surface area contributed by atoms with Crippen LogP contribution in [0.15, 0.2) is 29.6 Å². The van der Waals surface area contributed by atoms with Crippen molar-refractivity contribution in [3.63, 3.8) is 0 Å². The SMILES string of the molecule is CC(C)CCC(=O)Cc1csc2ccccc12. The first-order valence-corrected chi connectivity index (χ1v) is 7.01. The van der Waals surface area contributed by atoms with E-state index in [4.69, 9.17) is 0 Å². The Morgan fingerprint density at radius 2 is 2.06 bits per heavy atom. The highest BCUT2D eigenvalue weighted by Gasteiger charge is 2.09. The third-order valence-electron chi connectivity index (χ3n) is 2.95. The summed E-state index contributed by atoms with van der Waals surface area (Å²) in [5.74, 6) is 0.973. The Hall–Kier alpha value is -1.15. The number of rotatable bonds is 5. The highest BCUT2D eigenvalue weighted by Crippen LogP contribution is 2.26. The Morgan fingerprint density at radius 1 is 1.29 bits per heavy atom. The largest absolute Gasteiger partial charge is 0.299 e. The fourth-order valence-corrected chi connectivity index (χ4v) is 2.88. The molecule has 0 saturated carbocycles. The van der Waals surface area contributed by atoms with Crippen molar-refractivity contribution >= 4 is 27.2 Å². The van der Waals surface area contributed by atoms with E-state index in [2.05, 4.69) is 31.4 Å². The first-order chi connectivity index (χ1) is 8.16. The third-order valence-corrected chi connectivity index (χ3v) is 3.96. The number of hydrogen-bond acceptors (Lipinski definition) is 2. The van der Waals surface area contributed by atoms with Crippen LogP contribution < -0.4 is 0 Å². The molecule has 2 rings (SSSR count). The van der Waals surface area contributed by atoms with Crippen molar-refractivity contribution in [2.45, 2.75) is 33.1 Å². The lowest BCUT2D eigenvalue weighted by Gasteiger charge is -2.03. The van der Waals surface area contributed by atoms with E-state index in [9.17, 15) is 4.79 Å². The van der Waals surface area contributed by atoms with Crippen molar-refractivity contribution < 1.29 is 4.79 Å². The number of ketones is 1. The second kappa shape index (κ2) is 5.46. The zero-order chi connectivity index (χ0) is 12.3. The van der Waals surface area contributed by atoms with E-state index < -0.39 is 0 Å². The van der Waals surface area contributed by atoms with E-state index in [-0.39, 0.29) is 0 Å². The van der Waals surface area contributed by atoms with E-state index in [1.54, 1.807) is 11.3 Å². The topological polar surface area (TPSA) is 17.1 Å². The van der Waals surface area contributed by atoms with Crippen LogP contribution in [0.3, 0.4) is 0 Å². The molecule has 0 fully saturated rings. The van der Waals surface area contributed by atoms with Crippen molar-refractivity contribution in [1.82, 2.24) is 0 Å². The molecule has 0 unspecified atom stereocenters. The van der Waals surface area contributed by atoms with Crippen LogP contribution in [0, 0.1) is 5.92 Å². The molecule has 90 valence electrons. The monoisotopic (exact) mass is 246 g/mol. The van der Waals surface area contributed by atoms with Gasteiger partial charge in [-0.2, -0.15) is 0 Å². The van der Waals surface area contributed by atoms with Crippen LogP contribution in [0.4, 0.5) is 0 Å². The summed E-state index contributed by atoms with van der Waals surface area (Å²) < 4.78 is 1.28. The van der Waals surface area contributed by atoms with Gasteiger partial charge in [-0.25, -0.2) is 0 Å². The molecule has 0 aliphatic carbocycles. The lowest BCUT2D eigenvalue weighted by atomic mass is 10.0. The van der Waals surface area contributed by atoms with Crippen LogP contribution in [-0.2, 0) is 11.2 Å². The van der Waals surface area contributed by atoms with Crippen LogP contribution in [0.2, 0.25) is 0 Å². The summed E-state index contributed by atoms with van der Waals surface area (Å²) >= 11 is 1.73. The third kappa shape index (κ3) is 3.16. The zero-order valence-corrected chi connectivity index (χ0v) is 11.2. The molecule has 0 aliphatic heterocycles. The van der Waals surface area contributed by atoms with Crippen molar-refractivity contribution in [3.8, 4) is 0 Å². The highest BCUT2D eigenvalue weighted by molar-refractivity contribution is 7.17. The van der Waals surface area contributed by atoms with E-state index in [0.717, 1.165) is 6.42 Å². The van der Waals surface area contributed by atoms with Crippen molar-refractivity contribution in [3.05, 3.63) is 35.2 Å². The highest BCUT2D eigenvalue weighted by atomic mass is 32.1. The Kier molecular flexibility index (Phi) is 3.95. The molecule has 1 aromatic heterocycles. The average molecular weight is 246 g/mol. The predicted molar refractivity (Wildman–Crippen MR) is 74.6 cm³/mol. The minimum Gasteiger partial charge on any atom is -0.299 e. The summed E-state index contributed by atoms with van der Waals surface area (Å²) in [6.45, 7) is 4.32. The molecular weight excluding hydrogens is 228 g/mol. The Labute approximate surface area is 106 Å². The Bertz CT molecular complexity index is 510. The first kappa shape index (κ1) is 12.3. The van der Waals surface area contributed by atoms with Crippen LogP contribution in [-0.4, -0.2) is 5.78 Å². The van der Waals surface area contributed by atoms with Gasteiger partial charge in [0.05, 0.1) is 0 Å². The molecule has 2 heteroatoms. The normalized spacial score (nSPS) is 11.2. The minimum atomic E-state index is 0.363. The quantitative estimate of drug-likeness (QED) is 0.761. The van der Waals surface area contributed by atoms with E-state index in [1.165, 1.54) is 15.6 Å². The minimum absolute atomic E-state index is 0.363.